The number of esters is 1. The number of carbonyl (C=O) groups is 2. The number of sulfonamides is 1. The highest BCUT2D eigenvalue weighted by molar-refractivity contribution is 7.92. The Morgan fingerprint density at radius 2 is 1.86 bits per heavy atom. The summed E-state index contributed by atoms with van der Waals surface area (Å²) in [6, 6.07) is 10.5. The molecule has 0 spiro atoms. The molecular weight excluding hydrogens is 524 g/mol. The maximum absolute atomic E-state index is 13.2. The lowest BCUT2D eigenvalue weighted by Crippen LogP contribution is -2.18. The second-order valence-electron chi connectivity index (χ2n) is 8.04. The van der Waals surface area contributed by atoms with Gasteiger partial charge in [-0.3, -0.25) is 9.52 Å². The van der Waals surface area contributed by atoms with Gasteiger partial charge in [0.2, 0.25) is 0 Å². The molecule has 1 aromatic heterocycles. The number of hydrogen-bond donors (Lipinski definition) is 2. The van der Waals surface area contributed by atoms with Gasteiger partial charge in [0.1, 0.15) is 15.6 Å². The van der Waals surface area contributed by atoms with Crippen molar-refractivity contribution in [1.29, 1.82) is 0 Å². The van der Waals surface area contributed by atoms with Crippen LogP contribution in [0.3, 0.4) is 0 Å². The topological polar surface area (TPSA) is 111 Å². The summed E-state index contributed by atoms with van der Waals surface area (Å²) < 4.78 is 39.2. The molecule has 2 N–H and O–H groups in total. The first-order valence-corrected chi connectivity index (χ1v) is 14.0. The first-order chi connectivity index (χ1) is 17.2. The van der Waals surface area contributed by atoms with E-state index in [2.05, 4.69) is 10.0 Å². The Balaban J connectivity index is 1.64. The number of anilines is 2. The summed E-state index contributed by atoms with van der Waals surface area (Å²) in [5, 5.41) is 3.14. The lowest BCUT2D eigenvalue weighted by molar-refractivity contribution is 0.0526. The van der Waals surface area contributed by atoms with Gasteiger partial charge in [0, 0.05) is 10.4 Å². The van der Waals surface area contributed by atoms with Crippen LogP contribution in [-0.2, 0) is 27.6 Å². The van der Waals surface area contributed by atoms with Crippen molar-refractivity contribution in [2.45, 2.75) is 37.5 Å². The Morgan fingerprint density at radius 3 is 2.61 bits per heavy atom. The summed E-state index contributed by atoms with van der Waals surface area (Å²) in [7, 11) is -2.72. The quantitative estimate of drug-likeness (QED) is 0.359. The van der Waals surface area contributed by atoms with Crippen LogP contribution in [0.4, 0.5) is 10.7 Å². The molecular formula is C25H25ClN2O6S2. The molecule has 0 unspecified atom stereocenters. The van der Waals surface area contributed by atoms with Gasteiger partial charge < -0.3 is 14.8 Å². The predicted molar refractivity (Wildman–Crippen MR) is 140 cm³/mol. The molecule has 1 heterocycles. The Labute approximate surface area is 218 Å². The van der Waals surface area contributed by atoms with Crippen LogP contribution in [0.25, 0.3) is 0 Å². The van der Waals surface area contributed by atoms with E-state index in [-0.39, 0.29) is 27.8 Å². The van der Waals surface area contributed by atoms with Gasteiger partial charge in [0.15, 0.2) is 0 Å². The van der Waals surface area contributed by atoms with Gasteiger partial charge in [0.25, 0.3) is 15.9 Å². The molecule has 2 aromatic carbocycles. The molecule has 0 saturated carbocycles. The van der Waals surface area contributed by atoms with Crippen LogP contribution in [-0.4, -0.2) is 34.0 Å². The van der Waals surface area contributed by atoms with Gasteiger partial charge in [-0.05, 0) is 68.5 Å². The number of methoxy groups -OCH3 is 1. The molecule has 1 amide bonds. The van der Waals surface area contributed by atoms with Crippen molar-refractivity contribution < 1.29 is 27.5 Å². The molecule has 8 nitrogen and oxygen atoms in total. The van der Waals surface area contributed by atoms with Crippen LogP contribution in [0.5, 0.6) is 5.75 Å². The number of hydrogen-bond acceptors (Lipinski definition) is 7. The maximum atomic E-state index is 13.2. The Kier molecular flexibility index (Phi) is 7.87. The highest BCUT2D eigenvalue weighted by Crippen LogP contribution is 2.39. The van der Waals surface area contributed by atoms with Crippen molar-refractivity contribution >= 4 is 55.5 Å². The Morgan fingerprint density at radius 1 is 1.11 bits per heavy atom. The molecule has 0 bridgehead atoms. The smallest absolute Gasteiger partial charge is 0.341 e. The maximum Gasteiger partial charge on any atom is 0.341 e. The summed E-state index contributed by atoms with van der Waals surface area (Å²) in [6.45, 7) is 1.94. The molecule has 0 fully saturated rings. The number of ether oxygens (including phenoxy) is 2. The second kappa shape index (κ2) is 10.9. The number of fused-ring (bicyclic) bond motifs is 1. The third kappa shape index (κ3) is 5.35. The van der Waals surface area contributed by atoms with Crippen molar-refractivity contribution in [3.63, 3.8) is 0 Å². The minimum absolute atomic E-state index is 0.0484. The summed E-state index contributed by atoms with van der Waals surface area (Å²) in [4.78, 5) is 26.7. The molecule has 0 aliphatic heterocycles. The molecule has 0 atom stereocenters. The lowest BCUT2D eigenvalue weighted by atomic mass is 9.95. The second-order valence-corrected chi connectivity index (χ2v) is 11.2. The van der Waals surface area contributed by atoms with Gasteiger partial charge in [-0.15, -0.1) is 11.3 Å². The standard InChI is InChI=1S/C25H25ClN2O6S2/c1-3-34-25(30)22-16-8-4-7-11-20(16)35-24(22)27-23(29)15-12-13-17(26)21(14-15)36(31,32)28-18-9-5-6-10-19(18)33-2/h5-6,9-10,12-14,28H,3-4,7-8,11H2,1-2H3,(H,27,29). The number of benzene rings is 2. The normalized spacial score (nSPS) is 13.0. The van der Waals surface area contributed by atoms with E-state index in [1.165, 1.54) is 36.6 Å². The zero-order valence-electron chi connectivity index (χ0n) is 19.7. The number of carbonyl (C=O) groups excluding carboxylic acids is 2. The van der Waals surface area contributed by atoms with E-state index in [4.69, 9.17) is 21.1 Å². The monoisotopic (exact) mass is 548 g/mol. The minimum Gasteiger partial charge on any atom is -0.495 e. The van der Waals surface area contributed by atoms with Crippen LogP contribution < -0.4 is 14.8 Å². The van der Waals surface area contributed by atoms with Gasteiger partial charge in [-0.25, -0.2) is 13.2 Å². The molecule has 4 rings (SSSR count). The molecule has 11 heteroatoms. The summed E-state index contributed by atoms with van der Waals surface area (Å²) >= 11 is 7.57. The van der Waals surface area contributed by atoms with Crippen LogP contribution in [0.1, 0.15) is 50.9 Å². The van der Waals surface area contributed by atoms with Crippen LogP contribution in [0.2, 0.25) is 5.02 Å². The predicted octanol–water partition coefficient (Wildman–Crippen LogP) is 5.52. The van der Waals surface area contributed by atoms with E-state index < -0.39 is 21.9 Å². The fourth-order valence-electron chi connectivity index (χ4n) is 4.03. The van der Waals surface area contributed by atoms with Crippen LogP contribution >= 0.6 is 22.9 Å². The van der Waals surface area contributed by atoms with E-state index >= 15 is 0 Å². The summed E-state index contributed by atoms with van der Waals surface area (Å²) in [5.41, 5.74) is 1.60. The number of thiophene rings is 1. The third-order valence-corrected chi connectivity index (χ3v) is 8.77. The van der Waals surface area contributed by atoms with E-state index in [0.29, 0.717) is 16.3 Å². The highest BCUT2D eigenvalue weighted by Gasteiger charge is 2.28. The molecule has 1 aliphatic carbocycles. The van der Waals surface area contributed by atoms with Crippen molar-refractivity contribution in [2.75, 3.05) is 23.8 Å². The number of rotatable bonds is 8. The Hall–Kier alpha value is -3.08. The van der Waals surface area contributed by atoms with E-state index in [1.54, 1.807) is 31.2 Å². The van der Waals surface area contributed by atoms with E-state index in [0.717, 1.165) is 36.1 Å². The average molecular weight is 549 g/mol. The summed E-state index contributed by atoms with van der Waals surface area (Å²) in [6.07, 6.45) is 3.55. The largest absolute Gasteiger partial charge is 0.495 e. The number of nitrogens with one attached hydrogen (secondary N) is 2. The minimum atomic E-state index is -4.15. The summed E-state index contributed by atoms with van der Waals surface area (Å²) in [5.74, 6) is -0.712. The van der Waals surface area contributed by atoms with Crippen LogP contribution in [0.15, 0.2) is 47.4 Å². The van der Waals surface area contributed by atoms with Gasteiger partial charge in [-0.1, -0.05) is 23.7 Å². The molecule has 0 radical (unpaired) electrons. The number of amides is 1. The first-order valence-electron chi connectivity index (χ1n) is 11.3. The van der Waals surface area contributed by atoms with Gasteiger partial charge in [-0.2, -0.15) is 0 Å². The van der Waals surface area contributed by atoms with Crippen molar-refractivity contribution in [3.8, 4) is 5.75 Å². The highest BCUT2D eigenvalue weighted by atomic mass is 35.5. The molecule has 190 valence electrons. The zero-order chi connectivity index (χ0) is 25.9. The lowest BCUT2D eigenvalue weighted by Gasteiger charge is -2.14. The van der Waals surface area contributed by atoms with Crippen molar-refractivity contribution in [3.05, 3.63) is 69.1 Å². The number of halogens is 1. The van der Waals surface area contributed by atoms with Crippen molar-refractivity contribution in [2.24, 2.45) is 0 Å². The third-order valence-electron chi connectivity index (χ3n) is 5.71. The first kappa shape index (κ1) is 26.0. The SMILES string of the molecule is CCOC(=O)c1c(NC(=O)c2ccc(Cl)c(S(=O)(=O)Nc3ccccc3OC)c2)sc2c1CCCC2. The van der Waals surface area contributed by atoms with Crippen molar-refractivity contribution in [1.82, 2.24) is 0 Å². The van der Waals surface area contributed by atoms with E-state index in [9.17, 15) is 18.0 Å². The van der Waals surface area contributed by atoms with Crippen LogP contribution in [0, 0.1) is 0 Å². The Bertz CT molecular complexity index is 1420. The molecule has 36 heavy (non-hydrogen) atoms. The van der Waals surface area contributed by atoms with Gasteiger partial charge >= 0.3 is 5.97 Å². The number of aryl methyl sites for hydroxylation is 1. The van der Waals surface area contributed by atoms with E-state index in [1.807, 2.05) is 0 Å². The fourth-order valence-corrected chi connectivity index (χ4v) is 6.90. The van der Waals surface area contributed by atoms with Gasteiger partial charge in [0.05, 0.1) is 30.0 Å². The molecule has 0 saturated heterocycles. The molecule has 3 aromatic rings. The fraction of sp³-hybridized carbons (Fsp3) is 0.280. The molecule has 1 aliphatic rings. The average Bonchev–Trinajstić information content (AvgIpc) is 3.22. The number of para-hydroxylation sites is 2. The zero-order valence-corrected chi connectivity index (χ0v) is 22.1.